The maximum atomic E-state index is 12.3. The Morgan fingerprint density at radius 1 is 0.889 bits per heavy atom. The maximum absolute atomic E-state index is 12.3. The molecule has 0 saturated heterocycles. The predicted octanol–water partition coefficient (Wildman–Crippen LogP) is 4.94. The Balaban J connectivity index is 1.57. The van der Waals surface area contributed by atoms with Gasteiger partial charge in [-0.3, -0.25) is 0 Å². The second-order valence-corrected chi connectivity index (χ2v) is 6.19. The van der Waals surface area contributed by atoms with Crippen molar-refractivity contribution in [1.29, 1.82) is 0 Å². The molecule has 0 radical (unpaired) electrons. The summed E-state index contributed by atoms with van der Waals surface area (Å²) in [5.41, 5.74) is 3.50. The van der Waals surface area contributed by atoms with Crippen molar-refractivity contribution in [1.82, 2.24) is 0 Å². The van der Waals surface area contributed by atoms with Crippen molar-refractivity contribution in [3.05, 3.63) is 95.1 Å². The molecular formula is C23H22O4. The normalized spacial score (nSPS) is 10.3. The van der Waals surface area contributed by atoms with Gasteiger partial charge in [0.15, 0.2) is 0 Å². The van der Waals surface area contributed by atoms with E-state index in [-0.39, 0.29) is 12.6 Å². The quantitative estimate of drug-likeness (QED) is 0.559. The number of benzene rings is 3. The lowest BCUT2D eigenvalue weighted by molar-refractivity contribution is 0.0470. The standard InChI is InChI=1S/C23H22O4/c1-17-8-13-22(25-2)20(14-17)16-27-23(24)19-9-11-21(12-10-19)26-15-18-6-4-3-5-7-18/h3-14H,15-16H2,1-2H3. The number of methoxy groups -OCH3 is 1. The third kappa shape index (κ3) is 5.11. The van der Waals surface area contributed by atoms with Gasteiger partial charge in [0.25, 0.3) is 0 Å². The van der Waals surface area contributed by atoms with Crippen molar-refractivity contribution in [3.63, 3.8) is 0 Å². The van der Waals surface area contributed by atoms with Crippen molar-refractivity contribution in [2.24, 2.45) is 0 Å². The molecule has 3 rings (SSSR count). The molecule has 27 heavy (non-hydrogen) atoms. The van der Waals surface area contributed by atoms with Crippen LogP contribution in [-0.2, 0) is 18.0 Å². The molecular weight excluding hydrogens is 340 g/mol. The summed E-state index contributed by atoms with van der Waals surface area (Å²) >= 11 is 0. The van der Waals surface area contributed by atoms with Crippen LogP contribution < -0.4 is 9.47 Å². The van der Waals surface area contributed by atoms with Crippen LogP contribution in [0.4, 0.5) is 0 Å². The fourth-order valence-electron chi connectivity index (χ4n) is 2.67. The van der Waals surface area contributed by atoms with Crippen molar-refractivity contribution in [2.75, 3.05) is 7.11 Å². The average molecular weight is 362 g/mol. The number of carbonyl (C=O) groups is 1. The largest absolute Gasteiger partial charge is 0.496 e. The summed E-state index contributed by atoms with van der Waals surface area (Å²) in [4.78, 5) is 12.3. The summed E-state index contributed by atoms with van der Waals surface area (Å²) in [7, 11) is 1.60. The Morgan fingerprint density at radius 2 is 1.63 bits per heavy atom. The van der Waals surface area contributed by atoms with Crippen LogP contribution in [0.3, 0.4) is 0 Å². The summed E-state index contributed by atoms with van der Waals surface area (Å²) in [6.45, 7) is 2.63. The minimum absolute atomic E-state index is 0.163. The van der Waals surface area contributed by atoms with Gasteiger partial charge in [0.1, 0.15) is 24.7 Å². The minimum Gasteiger partial charge on any atom is -0.496 e. The number of hydrogen-bond donors (Lipinski definition) is 0. The first kappa shape index (κ1) is 18.5. The smallest absolute Gasteiger partial charge is 0.338 e. The number of hydrogen-bond acceptors (Lipinski definition) is 4. The van der Waals surface area contributed by atoms with Gasteiger partial charge in [0, 0.05) is 5.56 Å². The molecule has 0 aliphatic rings. The molecule has 4 heteroatoms. The molecule has 138 valence electrons. The monoisotopic (exact) mass is 362 g/mol. The molecule has 0 fully saturated rings. The van der Waals surface area contributed by atoms with Crippen molar-refractivity contribution in [3.8, 4) is 11.5 Å². The van der Waals surface area contributed by atoms with E-state index in [1.54, 1.807) is 31.4 Å². The summed E-state index contributed by atoms with van der Waals surface area (Å²) in [5, 5.41) is 0. The number of carbonyl (C=O) groups excluding carboxylic acids is 1. The summed E-state index contributed by atoms with van der Waals surface area (Å²) in [6, 6.07) is 22.7. The minimum atomic E-state index is -0.381. The highest BCUT2D eigenvalue weighted by Crippen LogP contribution is 2.21. The Bertz CT molecular complexity index is 886. The topological polar surface area (TPSA) is 44.8 Å². The van der Waals surface area contributed by atoms with E-state index < -0.39 is 0 Å². The molecule has 0 atom stereocenters. The zero-order valence-corrected chi connectivity index (χ0v) is 15.5. The molecule has 4 nitrogen and oxygen atoms in total. The molecule has 0 aliphatic carbocycles. The van der Waals surface area contributed by atoms with Crippen LogP contribution in [0.2, 0.25) is 0 Å². The summed E-state index contributed by atoms with van der Waals surface area (Å²) < 4.78 is 16.5. The molecule has 0 amide bonds. The third-order valence-corrected chi connectivity index (χ3v) is 4.13. The van der Waals surface area contributed by atoms with Gasteiger partial charge < -0.3 is 14.2 Å². The fourth-order valence-corrected chi connectivity index (χ4v) is 2.67. The molecule has 0 N–H and O–H groups in total. The molecule has 0 heterocycles. The molecule has 3 aromatic carbocycles. The van der Waals surface area contributed by atoms with Gasteiger partial charge in [0.05, 0.1) is 12.7 Å². The summed E-state index contributed by atoms with van der Waals surface area (Å²) in [6.07, 6.45) is 0. The van der Waals surface area contributed by atoms with Crippen molar-refractivity contribution in [2.45, 2.75) is 20.1 Å². The Morgan fingerprint density at radius 3 is 2.33 bits per heavy atom. The van der Waals surface area contributed by atoms with E-state index >= 15 is 0 Å². The van der Waals surface area contributed by atoms with Gasteiger partial charge in [-0.15, -0.1) is 0 Å². The second-order valence-electron chi connectivity index (χ2n) is 6.19. The van der Waals surface area contributed by atoms with E-state index in [9.17, 15) is 4.79 Å². The van der Waals surface area contributed by atoms with E-state index in [0.717, 1.165) is 16.7 Å². The number of ether oxygens (including phenoxy) is 3. The maximum Gasteiger partial charge on any atom is 0.338 e. The highest BCUT2D eigenvalue weighted by atomic mass is 16.5. The van der Waals surface area contributed by atoms with Crippen LogP contribution in [0.15, 0.2) is 72.8 Å². The highest BCUT2D eigenvalue weighted by Gasteiger charge is 2.10. The lowest BCUT2D eigenvalue weighted by atomic mass is 10.1. The van der Waals surface area contributed by atoms with Gasteiger partial charge in [-0.05, 0) is 48.9 Å². The van der Waals surface area contributed by atoms with E-state index in [1.165, 1.54) is 0 Å². The van der Waals surface area contributed by atoms with Crippen LogP contribution in [0, 0.1) is 6.92 Å². The molecule has 0 aromatic heterocycles. The van der Waals surface area contributed by atoms with Gasteiger partial charge >= 0.3 is 5.97 Å². The van der Waals surface area contributed by atoms with Gasteiger partial charge in [-0.25, -0.2) is 4.79 Å². The molecule has 0 unspecified atom stereocenters. The van der Waals surface area contributed by atoms with Crippen LogP contribution >= 0.6 is 0 Å². The Kier molecular flexibility index (Phi) is 6.10. The second kappa shape index (κ2) is 8.90. The number of rotatable bonds is 7. The van der Waals surface area contributed by atoms with E-state index in [2.05, 4.69) is 0 Å². The van der Waals surface area contributed by atoms with Gasteiger partial charge in [-0.2, -0.15) is 0 Å². The third-order valence-electron chi connectivity index (χ3n) is 4.13. The van der Waals surface area contributed by atoms with Gasteiger partial charge in [-0.1, -0.05) is 42.0 Å². The number of aryl methyl sites for hydroxylation is 1. The van der Waals surface area contributed by atoms with E-state index in [0.29, 0.717) is 23.7 Å². The molecule has 3 aromatic rings. The van der Waals surface area contributed by atoms with Crippen molar-refractivity contribution >= 4 is 5.97 Å². The van der Waals surface area contributed by atoms with Crippen LogP contribution in [0.25, 0.3) is 0 Å². The molecule has 0 spiro atoms. The predicted molar refractivity (Wildman–Crippen MR) is 104 cm³/mol. The highest BCUT2D eigenvalue weighted by molar-refractivity contribution is 5.89. The van der Waals surface area contributed by atoms with Crippen molar-refractivity contribution < 1.29 is 19.0 Å². The lowest BCUT2D eigenvalue weighted by Gasteiger charge is -2.11. The fraction of sp³-hybridized carbons (Fsp3) is 0.174. The van der Waals surface area contributed by atoms with Gasteiger partial charge in [0.2, 0.25) is 0 Å². The zero-order chi connectivity index (χ0) is 19.1. The van der Waals surface area contributed by atoms with Crippen LogP contribution in [0.5, 0.6) is 11.5 Å². The Labute approximate surface area is 159 Å². The van der Waals surface area contributed by atoms with Crippen LogP contribution in [0.1, 0.15) is 27.0 Å². The first-order valence-electron chi connectivity index (χ1n) is 8.73. The molecule has 0 saturated carbocycles. The number of esters is 1. The zero-order valence-electron chi connectivity index (χ0n) is 15.5. The van der Waals surface area contributed by atoms with E-state index in [1.807, 2.05) is 55.5 Å². The van der Waals surface area contributed by atoms with E-state index in [4.69, 9.17) is 14.2 Å². The summed E-state index contributed by atoms with van der Waals surface area (Å²) in [5.74, 6) is 1.03. The van der Waals surface area contributed by atoms with Crippen LogP contribution in [-0.4, -0.2) is 13.1 Å². The lowest BCUT2D eigenvalue weighted by Crippen LogP contribution is -2.06. The SMILES string of the molecule is COc1ccc(C)cc1COC(=O)c1ccc(OCc2ccccc2)cc1. The molecule has 0 aliphatic heterocycles. The first-order chi connectivity index (χ1) is 13.2. The average Bonchev–Trinajstić information content (AvgIpc) is 2.71. The Hall–Kier alpha value is -3.27. The first-order valence-corrected chi connectivity index (χ1v) is 8.73. The molecule has 0 bridgehead atoms.